The van der Waals surface area contributed by atoms with Gasteiger partial charge in [-0.05, 0) is 54.8 Å². The zero-order valence-corrected chi connectivity index (χ0v) is 19.5. The molecular formula is C28H26N6O. The third kappa shape index (κ3) is 4.94. The number of hydrogen-bond acceptors (Lipinski definition) is 5. The molecule has 5 rings (SSSR count). The molecule has 35 heavy (non-hydrogen) atoms. The van der Waals surface area contributed by atoms with Crippen molar-refractivity contribution in [2.45, 2.75) is 32.6 Å². The van der Waals surface area contributed by atoms with E-state index in [4.69, 9.17) is 15.7 Å². The topological polar surface area (TPSA) is 110 Å². The van der Waals surface area contributed by atoms with Crippen molar-refractivity contribution in [2.24, 2.45) is 5.73 Å². The van der Waals surface area contributed by atoms with E-state index in [9.17, 15) is 4.79 Å². The summed E-state index contributed by atoms with van der Waals surface area (Å²) >= 11 is 0. The van der Waals surface area contributed by atoms with E-state index >= 15 is 0 Å². The number of primary amides is 1. The molecule has 0 radical (unpaired) electrons. The highest BCUT2D eigenvalue weighted by Gasteiger charge is 2.16. The predicted octanol–water partition coefficient (Wildman–Crippen LogP) is 4.92. The monoisotopic (exact) mass is 462 g/mol. The van der Waals surface area contributed by atoms with E-state index in [1.807, 2.05) is 42.5 Å². The molecule has 7 nitrogen and oxygen atoms in total. The van der Waals surface area contributed by atoms with Gasteiger partial charge in [0.25, 0.3) is 0 Å². The standard InChI is InChI=1S/C28H26N6O/c1-2-4-21-5-3-6-23(32-21)27-26(20-12-13-22-24(17-20)31-16-15-30-22)33-25(34-27)14-9-18-7-10-19(11-8-18)28(29)35/h3,5-8,10-13,15-17H,2,4,9,14H2,1H3,(H2,29,35)(H,33,34). The maximum atomic E-state index is 11.3. The minimum absolute atomic E-state index is 0.422. The van der Waals surface area contributed by atoms with Gasteiger partial charge < -0.3 is 10.7 Å². The van der Waals surface area contributed by atoms with Crippen LogP contribution in [-0.4, -0.2) is 30.8 Å². The molecule has 0 unspecified atom stereocenters. The van der Waals surface area contributed by atoms with Crippen LogP contribution in [0.5, 0.6) is 0 Å². The van der Waals surface area contributed by atoms with Crippen molar-refractivity contribution < 1.29 is 4.79 Å². The number of hydrogen-bond donors (Lipinski definition) is 2. The number of nitrogens with zero attached hydrogens (tertiary/aromatic N) is 4. The van der Waals surface area contributed by atoms with Crippen LogP contribution in [0.25, 0.3) is 33.7 Å². The summed E-state index contributed by atoms with van der Waals surface area (Å²) < 4.78 is 0. The molecule has 5 aromatic rings. The average molecular weight is 463 g/mol. The van der Waals surface area contributed by atoms with Gasteiger partial charge in [0.1, 0.15) is 5.82 Å². The Kier molecular flexibility index (Phi) is 6.30. The van der Waals surface area contributed by atoms with Gasteiger partial charge in [0.05, 0.1) is 28.1 Å². The summed E-state index contributed by atoms with van der Waals surface area (Å²) in [6.07, 6.45) is 6.84. The molecule has 0 aliphatic carbocycles. The molecule has 3 aromatic heterocycles. The van der Waals surface area contributed by atoms with Gasteiger partial charge >= 0.3 is 0 Å². The second-order valence-corrected chi connectivity index (χ2v) is 8.49. The van der Waals surface area contributed by atoms with Gasteiger partial charge in [-0.1, -0.05) is 37.6 Å². The lowest BCUT2D eigenvalue weighted by atomic mass is 10.1. The molecular weight excluding hydrogens is 436 g/mol. The first kappa shape index (κ1) is 22.4. The summed E-state index contributed by atoms with van der Waals surface area (Å²) in [7, 11) is 0. The first-order valence-electron chi connectivity index (χ1n) is 11.8. The summed E-state index contributed by atoms with van der Waals surface area (Å²) in [5, 5.41) is 0. The molecule has 174 valence electrons. The lowest BCUT2D eigenvalue weighted by molar-refractivity contribution is 0.100. The van der Waals surface area contributed by atoms with E-state index in [1.165, 1.54) is 0 Å². The second kappa shape index (κ2) is 9.85. The number of aryl methyl sites for hydroxylation is 3. The van der Waals surface area contributed by atoms with Crippen LogP contribution in [-0.2, 0) is 19.3 Å². The third-order valence-electron chi connectivity index (χ3n) is 5.95. The second-order valence-electron chi connectivity index (χ2n) is 8.49. The van der Waals surface area contributed by atoms with Gasteiger partial charge in [-0.3, -0.25) is 19.7 Å². The number of imidazole rings is 1. The van der Waals surface area contributed by atoms with Crippen molar-refractivity contribution in [1.82, 2.24) is 24.9 Å². The van der Waals surface area contributed by atoms with Crippen LogP contribution in [0.3, 0.4) is 0 Å². The highest BCUT2D eigenvalue weighted by molar-refractivity contribution is 5.92. The quantitative estimate of drug-likeness (QED) is 0.340. The number of H-pyrrole nitrogens is 1. The number of pyridine rings is 1. The Labute approximate surface area is 203 Å². The Morgan fingerprint density at radius 2 is 1.69 bits per heavy atom. The van der Waals surface area contributed by atoms with Crippen LogP contribution in [0, 0.1) is 0 Å². The van der Waals surface area contributed by atoms with E-state index in [-0.39, 0.29) is 0 Å². The van der Waals surface area contributed by atoms with Crippen LogP contribution in [0.4, 0.5) is 0 Å². The van der Waals surface area contributed by atoms with E-state index in [0.717, 1.165) is 70.0 Å². The summed E-state index contributed by atoms with van der Waals surface area (Å²) in [5.74, 6) is 0.450. The minimum atomic E-state index is -0.422. The molecule has 2 aromatic carbocycles. The van der Waals surface area contributed by atoms with Crippen molar-refractivity contribution >= 4 is 16.9 Å². The van der Waals surface area contributed by atoms with Gasteiger partial charge in [0.15, 0.2) is 0 Å². The highest BCUT2D eigenvalue weighted by Crippen LogP contribution is 2.31. The van der Waals surface area contributed by atoms with Crippen LogP contribution >= 0.6 is 0 Å². The molecule has 7 heteroatoms. The van der Waals surface area contributed by atoms with Crippen LogP contribution < -0.4 is 5.73 Å². The number of nitrogens with two attached hydrogens (primary N) is 1. The molecule has 0 aliphatic rings. The third-order valence-corrected chi connectivity index (χ3v) is 5.95. The molecule has 0 saturated heterocycles. The van der Waals surface area contributed by atoms with E-state index < -0.39 is 5.91 Å². The number of amides is 1. The fourth-order valence-corrected chi connectivity index (χ4v) is 4.16. The number of carbonyl (C=O) groups is 1. The first-order valence-corrected chi connectivity index (χ1v) is 11.8. The lowest BCUT2D eigenvalue weighted by Gasteiger charge is -2.06. The minimum Gasteiger partial charge on any atom is -0.366 e. The lowest BCUT2D eigenvalue weighted by Crippen LogP contribution is -2.10. The predicted molar refractivity (Wildman–Crippen MR) is 137 cm³/mol. The van der Waals surface area contributed by atoms with Crippen molar-refractivity contribution in [2.75, 3.05) is 0 Å². The molecule has 3 N–H and O–H groups in total. The zero-order valence-electron chi connectivity index (χ0n) is 19.5. The smallest absolute Gasteiger partial charge is 0.248 e. The fraction of sp³-hybridized carbons (Fsp3) is 0.179. The van der Waals surface area contributed by atoms with Crippen LogP contribution in [0.2, 0.25) is 0 Å². The molecule has 0 saturated carbocycles. The Hall–Kier alpha value is -4.39. The van der Waals surface area contributed by atoms with Gasteiger partial charge in [0.2, 0.25) is 5.91 Å². The van der Waals surface area contributed by atoms with Gasteiger partial charge in [0, 0.05) is 35.6 Å². The van der Waals surface area contributed by atoms with Crippen LogP contribution in [0.1, 0.15) is 40.8 Å². The van der Waals surface area contributed by atoms with Crippen molar-refractivity contribution in [3.05, 3.63) is 95.7 Å². The average Bonchev–Trinajstić information content (AvgIpc) is 3.32. The molecule has 0 fully saturated rings. The van der Waals surface area contributed by atoms with Crippen molar-refractivity contribution in [3.63, 3.8) is 0 Å². The van der Waals surface area contributed by atoms with E-state index in [0.29, 0.717) is 12.0 Å². The van der Waals surface area contributed by atoms with E-state index in [1.54, 1.807) is 24.5 Å². The SMILES string of the molecule is CCCc1cccc(-c2[nH]c(CCc3ccc(C(N)=O)cc3)nc2-c2ccc3nccnc3c2)n1. The first-order chi connectivity index (χ1) is 17.1. The summed E-state index contributed by atoms with van der Waals surface area (Å²) in [6.45, 7) is 2.15. The fourth-order valence-electron chi connectivity index (χ4n) is 4.16. The van der Waals surface area contributed by atoms with Crippen molar-refractivity contribution in [1.29, 1.82) is 0 Å². The van der Waals surface area contributed by atoms with Gasteiger partial charge in [-0.2, -0.15) is 0 Å². The molecule has 0 aliphatic heterocycles. The zero-order chi connectivity index (χ0) is 24.2. The number of aromatic amines is 1. The Balaban J connectivity index is 1.51. The normalized spacial score (nSPS) is 11.1. The Morgan fingerprint density at radius 3 is 2.46 bits per heavy atom. The van der Waals surface area contributed by atoms with Crippen LogP contribution in [0.15, 0.2) is 73.1 Å². The Morgan fingerprint density at radius 1 is 0.886 bits per heavy atom. The summed E-state index contributed by atoms with van der Waals surface area (Å²) in [4.78, 5) is 33.6. The molecule has 0 spiro atoms. The summed E-state index contributed by atoms with van der Waals surface area (Å²) in [5.41, 5.74) is 13.3. The molecule has 0 atom stereocenters. The number of nitrogens with one attached hydrogen (secondary N) is 1. The maximum Gasteiger partial charge on any atom is 0.248 e. The number of rotatable bonds is 8. The van der Waals surface area contributed by atoms with Gasteiger partial charge in [-0.25, -0.2) is 4.98 Å². The maximum absolute atomic E-state index is 11.3. The number of carbonyl (C=O) groups excluding carboxylic acids is 1. The number of aromatic nitrogens is 5. The number of benzene rings is 2. The molecule has 0 bridgehead atoms. The van der Waals surface area contributed by atoms with Gasteiger partial charge in [-0.15, -0.1) is 0 Å². The number of fused-ring (bicyclic) bond motifs is 1. The van der Waals surface area contributed by atoms with E-state index in [2.05, 4.69) is 27.9 Å². The highest BCUT2D eigenvalue weighted by atomic mass is 16.1. The largest absolute Gasteiger partial charge is 0.366 e. The van der Waals surface area contributed by atoms with Crippen molar-refractivity contribution in [3.8, 4) is 22.6 Å². The molecule has 3 heterocycles. The Bertz CT molecular complexity index is 1490. The molecule has 1 amide bonds. The summed E-state index contributed by atoms with van der Waals surface area (Å²) in [6, 6.07) is 19.5.